The average molecular weight is 398 g/mol. The minimum atomic E-state index is 0. The Hall–Kier alpha value is 2.59. The third kappa shape index (κ3) is 30.7. The van der Waals surface area contributed by atoms with E-state index >= 15 is 0 Å². The van der Waals surface area contributed by atoms with Crippen molar-refractivity contribution in [1.29, 1.82) is 0 Å². The Bertz CT molecular complexity index is 11.5. The molecule has 0 aromatic rings. The van der Waals surface area contributed by atoms with E-state index in [1.165, 1.54) is 0 Å². The molecule has 0 radical (unpaired) electrons. The van der Waals surface area contributed by atoms with Gasteiger partial charge >= 0.3 is 95.3 Å². The Balaban J connectivity index is -0.00000000500. The van der Waals surface area contributed by atoms with E-state index in [2.05, 4.69) is 0 Å². The monoisotopic (exact) mass is 396 g/mol. The van der Waals surface area contributed by atoms with Gasteiger partial charge in [0.15, 0.2) is 0 Å². The Morgan fingerprint density at radius 1 is 0.667 bits per heavy atom. The van der Waals surface area contributed by atoms with Gasteiger partial charge in [-0.25, -0.2) is 0 Å². The molecule has 0 unspecified atom stereocenters. The van der Waals surface area contributed by atoms with Crippen LogP contribution in [0.2, 0.25) is 0 Å². The summed E-state index contributed by atoms with van der Waals surface area (Å²) in [6.07, 6.45) is 0. The molecule has 0 heterocycles. The van der Waals surface area contributed by atoms with Gasteiger partial charge in [0.2, 0.25) is 0 Å². The summed E-state index contributed by atoms with van der Waals surface area (Å²) in [6.45, 7) is 0. The zero-order valence-corrected chi connectivity index (χ0v) is 8.16. The Kier molecular flexibility index (Phi) is 193. The van der Waals surface area contributed by atoms with Gasteiger partial charge in [0.25, 0.3) is 0 Å². The fraction of sp³-hybridized carbons (Fsp3) is 0. The van der Waals surface area contributed by atoms with E-state index in [9.17, 15) is 0 Å². The van der Waals surface area contributed by atoms with E-state index in [4.69, 9.17) is 7.15 Å². The van der Waals surface area contributed by atoms with Gasteiger partial charge in [0.1, 0.15) is 0 Å². The van der Waals surface area contributed by atoms with Crippen LogP contribution in [0.15, 0.2) is 0 Å². The van der Waals surface area contributed by atoms with Crippen molar-refractivity contribution in [2.45, 2.75) is 0 Å². The number of rotatable bonds is 0. The molecule has 28 valence electrons. The van der Waals surface area contributed by atoms with Gasteiger partial charge < -0.3 is 0 Å². The predicted molar refractivity (Wildman–Crippen MR) is 21.3 cm³/mol. The van der Waals surface area contributed by atoms with E-state index in [-0.39, 0.29) is 88.2 Å². The number of hydrogen-bond donors (Lipinski definition) is 0. The first kappa shape index (κ1) is 23.5. The van der Waals surface area contributed by atoms with Gasteiger partial charge in [-0.2, -0.15) is 0 Å². The van der Waals surface area contributed by atoms with Crippen LogP contribution in [0.25, 0.3) is 0 Å². The fourth-order valence-corrected chi connectivity index (χ4v) is 0. The molecule has 0 aliphatic heterocycles. The summed E-state index contributed by atoms with van der Waals surface area (Å²) in [6, 6.07) is 0. The summed E-state index contributed by atoms with van der Waals surface area (Å²) in [5, 5.41) is 0. The molecule has 2 nitrogen and oxygen atoms in total. The number of hydrogen-bond acceptors (Lipinski definition) is 2. The molecule has 0 aliphatic rings. The summed E-state index contributed by atoms with van der Waals surface area (Å²) in [5.41, 5.74) is 0. The molecular formula is H6In2O2Zn2. The van der Waals surface area contributed by atoms with Gasteiger partial charge in [0, 0.05) is 0 Å². The molecular weight excluding hydrogens is 392 g/mol. The molecule has 0 N–H and O–H groups in total. The second-order valence-electron chi connectivity index (χ2n) is 0. The van der Waals surface area contributed by atoms with Crippen LogP contribution in [0.1, 0.15) is 0 Å². The van der Waals surface area contributed by atoms with Crippen molar-refractivity contribution in [2.24, 2.45) is 0 Å². The first-order chi connectivity index (χ1) is 2.00. The van der Waals surface area contributed by atoms with Crippen molar-refractivity contribution >= 4 is 51.7 Å². The molecule has 0 aromatic heterocycles. The minimum absolute atomic E-state index is 0. The molecule has 0 atom stereocenters. The van der Waals surface area contributed by atoms with Gasteiger partial charge in [-0.05, 0) is 0 Å². The molecule has 6 heteroatoms. The third-order valence-electron chi connectivity index (χ3n) is 0. The standard InChI is InChI=1S/2In.2O.2Zn.6H. The van der Waals surface area contributed by atoms with Crippen molar-refractivity contribution < 1.29 is 43.7 Å². The molecule has 0 bridgehead atoms. The average Bonchev–Trinajstić information content (AvgIpc) is 1.50. The van der Waals surface area contributed by atoms with Crippen LogP contribution in [0, 0.1) is 0 Å². The van der Waals surface area contributed by atoms with Crippen LogP contribution in [0.5, 0.6) is 0 Å². The van der Waals surface area contributed by atoms with E-state index in [1.54, 1.807) is 0 Å². The molecule has 0 spiro atoms. The molecule has 0 fully saturated rings. The van der Waals surface area contributed by atoms with Gasteiger partial charge in [0.05, 0.1) is 0 Å². The zero-order valence-electron chi connectivity index (χ0n) is 2.23. The third-order valence-corrected chi connectivity index (χ3v) is 0. The van der Waals surface area contributed by atoms with Crippen LogP contribution in [-0.2, 0) is 43.7 Å². The Labute approximate surface area is 93.7 Å². The Morgan fingerprint density at radius 2 is 0.667 bits per heavy atom. The van der Waals surface area contributed by atoms with E-state index in [1.807, 2.05) is 0 Å². The normalized spacial score (nSPS) is 2.00. The van der Waals surface area contributed by atoms with Crippen LogP contribution in [0.3, 0.4) is 0 Å². The van der Waals surface area contributed by atoms with E-state index in [0.29, 0.717) is 0 Å². The quantitative estimate of drug-likeness (QED) is 0.419. The summed E-state index contributed by atoms with van der Waals surface area (Å²) in [4.78, 5) is 0. The predicted octanol–water partition coefficient (Wildman–Crippen LogP) is -2.61. The van der Waals surface area contributed by atoms with Crippen LogP contribution >= 0.6 is 0 Å². The maximum absolute atomic E-state index is 8.38. The summed E-state index contributed by atoms with van der Waals surface area (Å²) < 4.78 is 16.8. The zero-order chi connectivity index (χ0) is 4.00. The summed E-state index contributed by atoms with van der Waals surface area (Å²) >= 11 is 0.250. The maximum atomic E-state index is 8.38. The topological polar surface area (TPSA) is 34.1 Å². The molecule has 0 amide bonds. The Morgan fingerprint density at radius 3 is 0.667 bits per heavy atom. The van der Waals surface area contributed by atoms with Crippen molar-refractivity contribution in [2.75, 3.05) is 0 Å². The van der Waals surface area contributed by atoms with Gasteiger partial charge in [-0.1, -0.05) is 0 Å². The van der Waals surface area contributed by atoms with Crippen molar-refractivity contribution in [3.8, 4) is 0 Å². The van der Waals surface area contributed by atoms with Crippen molar-refractivity contribution in [3.63, 3.8) is 0 Å². The van der Waals surface area contributed by atoms with Crippen LogP contribution in [0.4, 0.5) is 0 Å². The molecule has 0 aromatic carbocycles. The second kappa shape index (κ2) is 49.2. The fourth-order valence-electron chi connectivity index (χ4n) is 0. The first-order valence-electron chi connectivity index (χ1n) is 0.577. The van der Waals surface area contributed by atoms with E-state index < -0.39 is 0 Å². The SMILES string of the molecule is [InH3].[InH3].[O]=[Zn].[O]=[Zn]. The van der Waals surface area contributed by atoms with Crippen molar-refractivity contribution in [3.05, 3.63) is 0 Å². The molecule has 0 rings (SSSR count). The van der Waals surface area contributed by atoms with Crippen LogP contribution in [-0.4, -0.2) is 51.7 Å². The van der Waals surface area contributed by atoms with Crippen LogP contribution < -0.4 is 0 Å². The second-order valence-corrected chi connectivity index (χ2v) is 0. The van der Waals surface area contributed by atoms with Crippen molar-refractivity contribution in [1.82, 2.24) is 0 Å². The summed E-state index contributed by atoms with van der Waals surface area (Å²) in [7, 11) is 0. The first-order valence-corrected chi connectivity index (χ1v) is 3.00. The molecule has 0 saturated carbocycles. The van der Waals surface area contributed by atoms with Gasteiger partial charge in [-0.3, -0.25) is 0 Å². The molecule has 0 saturated heterocycles. The summed E-state index contributed by atoms with van der Waals surface area (Å²) in [5.74, 6) is 0. The molecule has 6 heavy (non-hydrogen) atoms. The molecule has 0 aliphatic carbocycles. The van der Waals surface area contributed by atoms with Gasteiger partial charge in [-0.15, -0.1) is 0 Å². The van der Waals surface area contributed by atoms with E-state index in [0.717, 1.165) is 0 Å².